The number of fused-ring (bicyclic) bond motifs is 1. The molecule has 0 spiro atoms. The van der Waals surface area contributed by atoms with Crippen molar-refractivity contribution in [3.8, 4) is 16.9 Å². The third kappa shape index (κ3) is 3.57. The van der Waals surface area contributed by atoms with Crippen molar-refractivity contribution >= 4 is 22.5 Å². The molecule has 0 atom stereocenters. The smallest absolute Gasteiger partial charge is 0.264 e. The standard InChI is InChI=1S/C24H20N6O/c1-15-13-21(25-18-8-6-7-17(14-18)20-11-12-22(31)28-27-20)26-24-23(15)16(2)29-30(24)19-9-4-3-5-10-19/h3-14H,1-2H3,(H,25,26)(H,28,31). The van der Waals surface area contributed by atoms with Crippen LogP contribution in [0, 0.1) is 13.8 Å². The Kier molecular flexibility index (Phi) is 4.55. The Bertz CT molecular complexity index is 1430. The molecule has 7 nitrogen and oxygen atoms in total. The lowest BCUT2D eigenvalue weighted by atomic mass is 10.1. The molecule has 0 bridgehead atoms. The van der Waals surface area contributed by atoms with Crippen molar-refractivity contribution in [2.75, 3.05) is 5.32 Å². The van der Waals surface area contributed by atoms with E-state index in [0.717, 1.165) is 45.0 Å². The Morgan fingerprint density at radius 3 is 2.55 bits per heavy atom. The zero-order chi connectivity index (χ0) is 21.4. The van der Waals surface area contributed by atoms with Gasteiger partial charge in [0, 0.05) is 22.7 Å². The minimum absolute atomic E-state index is 0.226. The maximum atomic E-state index is 11.3. The van der Waals surface area contributed by atoms with Gasteiger partial charge in [0.25, 0.3) is 5.56 Å². The zero-order valence-electron chi connectivity index (χ0n) is 17.1. The summed E-state index contributed by atoms with van der Waals surface area (Å²) >= 11 is 0. The van der Waals surface area contributed by atoms with Crippen LogP contribution in [-0.4, -0.2) is 25.0 Å². The Morgan fingerprint density at radius 1 is 0.935 bits per heavy atom. The highest BCUT2D eigenvalue weighted by Gasteiger charge is 2.14. The highest BCUT2D eigenvalue weighted by Crippen LogP contribution is 2.28. The Morgan fingerprint density at radius 2 is 1.77 bits per heavy atom. The van der Waals surface area contributed by atoms with E-state index in [4.69, 9.17) is 10.1 Å². The van der Waals surface area contributed by atoms with Crippen LogP contribution in [0.2, 0.25) is 0 Å². The van der Waals surface area contributed by atoms with E-state index in [-0.39, 0.29) is 5.56 Å². The lowest BCUT2D eigenvalue weighted by Gasteiger charge is -2.10. The van der Waals surface area contributed by atoms with Gasteiger partial charge in [0.1, 0.15) is 5.82 Å². The van der Waals surface area contributed by atoms with Crippen LogP contribution in [-0.2, 0) is 0 Å². The van der Waals surface area contributed by atoms with Crippen LogP contribution in [0.3, 0.4) is 0 Å². The Labute approximate surface area is 178 Å². The highest BCUT2D eigenvalue weighted by atomic mass is 16.1. The third-order valence-electron chi connectivity index (χ3n) is 5.12. The van der Waals surface area contributed by atoms with E-state index in [1.807, 2.05) is 72.3 Å². The monoisotopic (exact) mass is 408 g/mol. The fraction of sp³-hybridized carbons (Fsp3) is 0.0833. The van der Waals surface area contributed by atoms with Crippen molar-refractivity contribution in [1.82, 2.24) is 25.0 Å². The summed E-state index contributed by atoms with van der Waals surface area (Å²) in [6.45, 7) is 4.07. The summed E-state index contributed by atoms with van der Waals surface area (Å²) in [5.74, 6) is 0.730. The minimum atomic E-state index is -0.226. The quantitative estimate of drug-likeness (QED) is 0.456. The van der Waals surface area contributed by atoms with Crippen LogP contribution in [0.4, 0.5) is 11.5 Å². The van der Waals surface area contributed by atoms with Crippen LogP contribution in [0.1, 0.15) is 11.3 Å². The van der Waals surface area contributed by atoms with Crippen molar-refractivity contribution in [2.24, 2.45) is 0 Å². The van der Waals surface area contributed by atoms with E-state index >= 15 is 0 Å². The van der Waals surface area contributed by atoms with Gasteiger partial charge in [0.2, 0.25) is 0 Å². The van der Waals surface area contributed by atoms with Gasteiger partial charge < -0.3 is 5.32 Å². The van der Waals surface area contributed by atoms with Gasteiger partial charge in [-0.05, 0) is 55.8 Å². The van der Waals surface area contributed by atoms with Crippen LogP contribution in [0.5, 0.6) is 0 Å². The molecule has 2 aromatic carbocycles. The number of hydrogen-bond acceptors (Lipinski definition) is 5. The first-order valence-electron chi connectivity index (χ1n) is 9.94. The highest BCUT2D eigenvalue weighted by molar-refractivity contribution is 5.85. The first-order valence-corrected chi connectivity index (χ1v) is 9.94. The largest absolute Gasteiger partial charge is 0.340 e. The molecule has 3 aromatic heterocycles. The van der Waals surface area contributed by atoms with Crippen molar-refractivity contribution < 1.29 is 0 Å². The molecule has 0 aliphatic carbocycles. The van der Waals surface area contributed by atoms with E-state index in [1.165, 1.54) is 6.07 Å². The number of nitrogens with one attached hydrogen (secondary N) is 2. The van der Waals surface area contributed by atoms with Crippen LogP contribution in [0.25, 0.3) is 28.0 Å². The molecule has 0 amide bonds. The maximum Gasteiger partial charge on any atom is 0.264 e. The van der Waals surface area contributed by atoms with Gasteiger partial charge in [-0.2, -0.15) is 10.2 Å². The number of para-hydroxylation sites is 1. The van der Waals surface area contributed by atoms with Crippen LogP contribution >= 0.6 is 0 Å². The fourth-order valence-corrected chi connectivity index (χ4v) is 3.73. The van der Waals surface area contributed by atoms with Crippen molar-refractivity contribution in [1.29, 1.82) is 0 Å². The van der Waals surface area contributed by atoms with Gasteiger partial charge in [-0.3, -0.25) is 4.79 Å². The van der Waals surface area contributed by atoms with Gasteiger partial charge in [-0.25, -0.2) is 14.8 Å². The molecular formula is C24H20N6O. The second-order valence-corrected chi connectivity index (χ2v) is 7.37. The average Bonchev–Trinajstić information content (AvgIpc) is 3.12. The average molecular weight is 408 g/mol. The summed E-state index contributed by atoms with van der Waals surface area (Å²) in [6, 6.07) is 23.0. The number of aromatic nitrogens is 5. The molecule has 0 saturated carbocycles. The molecular weight excluding hydrogens is 388 g/mol. The summed E-state index contributed by atoms with van der Waals surface area (Å²) in [5, 5.41) is 15.7. The van der Waals surface area contributed by atoms with Gasteiger partial charge in [0.15, 0.2) is 5.65 Å². The fourth-order valence-electron chi connectivity index (χ4n) is 3.73. The molecule has 0 radical (unpaired) electrons. The molecule has 0 aliphatic rings. The van der Waals surface area contributed by atoms with Gasteiger partial charge in [0.05, 0.1) is 17.1 Å². The molecule has 5 rings (SSSR count). The minimum Gasteiger partial charge on any atom is -0.340 e. The first kappa shape index (κ1) is 18.7. The van der Waals surface area contributed by atoms with E-state index in [1.54, 1.807) is 6.07 Å². The predicted octanol–water partition coefficient (Wildman–Crippen LogP) is 4.53. The number of H-pyrrole nitrogens is 1. The van der Waals surface area contributed by atoms with E-state index in [9.17, 15) is 4.79 Å². The number of anilines is 2. The summed E-state index contributed by atoms with van der Waals surface area (Å²) in [6.07, 6.45) is 0. The maximum absolute atomic E-state index is 11.3. The number of benzene rings is 2. The van der Waals surface area contributed by atoms with Crippen molar-refractivity contribution in [3.63, 3.8) is 0 Å². The normalized spacial score (nSPS) is 11.0. The van der Waals surface area contributed by atoms with Gasteiger partial charge in [-0.15, -0.1) is 0 Å². The lowest BCUT2D eigenvalue weighted by Crippen LogP contribution is -2.05. The molecule has 152 valence electrons. The summed E-state index contributed by atoms with van der Waals surface area (Å²) in [5.41, 5.74) is 6.06. The number of hydrogen-bond donors (Lipinski definition) is 2. The molecule has 2 N–H and O–H groups in total. The van der Waals surface area contributed by atoms with Crippen LogP contribution in [0.15, 0.2) is 77.6 Å². The molecule has 0 unspecified atom stereocenters. The molecule has 31 heavy (non-hydrogen) atoms. The summed E-state index contributed by atoms with van der Waals surface area (Å²) < 4.78 is 1.88. The Hall–Kier alpha value is -4.26. The topological polar surface area (TPSA) is 88.5 Å². The predicted molar refractivity (Wildman–Crippen MR) is 122 cm³/mol. The number of nitrogens with zero attached hydrogens (tertiary/aromatic N) is 4. The van der Waals surface area contributed by atoms with Gasteiger partial charge >= 0.3 is 0 Å². The number of aromatic amines is 1. The van der Waals surface area contributed by atoms with E-state index in [0.29, 0.717) is 5.69 Å². The molecule has 7 heteroatoms. The zero-order valence-corrected chi connectivity index (χ0v) is 17.1. The lowest BCUT2D eigenvalue weighted by molar-refractivity contribution is 0.878. The number of rotatable bonds is 4. The van der Waals surface area contributed by atoms with Crippen LogP contribution < -0.4 is 10.9 Å². The molecule has 0 fully saturated rings. The summed E-state index contributed by atoms with van der Waals surface area (Å²) in [7, 11) is 0. The van der Waals surface area contributed by atoms with Crippen molar-refractivity contribution in [3.05, 3.63) is 94.4 Å². The second kappa shape index (κ2) is 7.53. The molecule has 3 heterocycles. The second-order valence-electron chi connectivity index (χ2n) is 7.37. The number of aryl methyl sites for hydroxylation is 2. The third-order valence-corrected chi connectivity index (χ3v) is 5.12. The Balaban J connectivity index is 1.55. The summed E-state index contributed by atoms with van der Waals surface area (Å²) in [4.78, 5) is 16.2. The SMILES string of the molecule is Cc1cc(Nc2cccc(-c3ccc(=O)[nH]n3)c2)nc2c1c(C)nn2-c1ccccc1. The molecule has 0 aliphatic heterocycles. The van der Waals surface area contributed by atoms with E-state index < -0.39 is 0 Å². The van der Waals surface area contributed by atoms with Gasteiger partial charge in [-0.1, -0.05) is 30.3 Å². The van der Waals surface area contributed by atoms with E-state index in [2.05, 4.69) is 22.4 Å². The molecule has 0 saturated heterocycles. The first-order chi connectivity index (χ1) is 15.1. The number of pyridine rings is 1. The molecule has 5 aromatic rings. The van der Waals surface area contributed by atoms with Crippen molar-refractivity contribution in [2.45, 2.75) is 13.8 Å².